The maximum Gasteiger partial charge on any atom is 0.138 e. The van der Waals surface area contributed by atoms with E-state index in [9.17, 15) is 5.26 Å². The summed E-state index contributed by atoms with van der Waals surface area (Å²) in [5.41, 5.74) is 10.6. The number of nitrogens with zero attached hydrogens (tertiary/aromatic N) is 4. The van der Waals surface area contributed by atoms with Crippen molar-refractivity contribution in [2.45, 2.75) is 0 Å². The van der Waals surface area contributed by atoms with E-state index >= 15 is 0 Å². The van der Waals surface area contributed by atoms with Crippen LogP contribution in [0.5, 0.6) is 0 Å². The Hall–Kier alpha value is -7.09. The van der Waals surface area contributed by atoms with Crippen LogP contribution in [0, 0.1) is 11.3 Å². The van der Waals surface area contributed by atoms with Crippen molar-refractivity contribution in [3.63, 3.8) is 0 Å². The highest BCUT2D eigenvalue weighted by molar-refractivity contribution is 6.14. The molecule has 0 amide bonds. The summed E-state index contributed by atoms with van der Waals surface area (Å²) in [6, 6.07) is 57.8. The van der Waals surface area contributed by atoms with Crippen LogP contribution in [0.15, 0.2) is 170 Å². The number of hydrogen-bond acceptors (Lipinski definition) is 3. The fraction of sp³-hybridized carbons (Fsp3) is 0. The molecule has 0 aliphatic carbocycles. The normalized spacial score (nSPS) is 11.5. The monoisotopic (exact) mass is 648 g/mol. The lowest BCUT2D eigenvalue weighted by Gasteiger charge is -2.16. The Kier molecular flexibility index (Phi) is 6.52. The van der Waals surface area contributed by atoms with Gasteiger partial charge in [0.15, 0.2) is 0 Å². The molecule has 0 fully saturated rings. The number of aromatic nitrogens is 3. The molecule has 3 heterocycles. The van der Waals surface area contributed by atoms with Crippen LogP contribution < -0.4 is 0 Å². The van der Waals surface area contributed by atoms with Crippen LogP contribution in [0.2, 0.25) is 0 Å². The van der Waals surface area contributed by atoms with Gasteiger partial charge in [0.2, 0.25) is 0 Å². The zero-order valence-electron chi connectivity index (χ0n) is 27.5. The average Bonchev–Trinajstić information content (AvgIpc) is 3.53. The molecule has 0 spiro atoms. The number of para-hydroxylation sites is 1. The van der Waals surface area contributed by atoms with Crippen LogP contribution >= 0.6 is 0 Å². The van der Waals surface area contributed by atoms with Crippen molar-refractivity contribution < 1.29 is 0 Å². The van der Waals surface area contributed by atoms with Gasteiger partial charge >= 0.3 is 0 Å². The van der Waals surface area contributed by atoms with Crippen LogP contribution in [0.4, 0.5) is 0 Å². The first-order valence-corrected chi connectivity index (χ1v) is 17.0. The summed E-state index contributed by atoms with van der Waals surface area (Å²) in [4.78, 5) is 9.44. The van der Waals surface area contributed by atoms with E-state index in [2.05, 4.69) is 131 Å². The van der Waals surface area contributed by atoms with Gasteiger partial charge in [-0.25, -0.2) is 4.98 Å². The number of nitriles is 1. The second kappa shape index (κ2) is 11.5. The van der Waals surface area contributed by atoms with Gasteiger partial charge in [-0.1, -0.05) is 103 Å². The molecule has 0 aliphatic rings. The van der Waals surface area contributed by atoms with Gasteiger partial charge in [0.1, 0.15) is 5.82 Å². The highest BCUT2D eigenvalue weighted by Crippen LogP contribution is 2.42. The lowest BCUT2D eigenvalue weighted by atomic mass is 9.88. The minimum Gasteiger partial charge on any atom is -0.294 e. The summed E-state index contributed by atoms with van der Waals surface area (Å²) in [6.45, 7) is 0. The number of hydrogen-bond donors (Lipinski definition) is 0. The molecule has 0 bridgehead atoms. The highest BCUT2D eigenvalue weighted by Gasteiger charge is 2.18. The third kappa shape index (κ3) is 4.60. The molecule has 4 heteroatoms. The first kappa shape index (κ1) is 28.9. The fourth-order valence-corrected chi connectivity index (χ4v) is 7.78. The zero-order chi connectivity index (χ0) is 33.9. The first-order valence-electron chi connectivity index (χ1n) is 17.0. The average molecular weight is 649 g/mol. The summed E-state index contributed by atoms with van der Waals surface area (Å²) >= 11 is 0. The van der Waals surface area contributed by atoms with Gasteiger partial charge in [-0.3, -0.25) is 9.55 Å². The largest absolute Gasteiger partial charge is 0.294 e. The lowest BCUT2D eigenvalue weighted by Crippen LogP contribution is -1.97. The maximum absolute atomic E-state index is 9.85. The third-order valence-corrected chi connectivity index (χ3v) is 10.1. The predicted molar refractivity (Wildman–Crippen MR) is 210 cm³/mol. The Balaban J connectivity index is 1.17. The van der Waals surface area contributed by atoms with Crippen molar-refractivity contribution >= 4 is 54.3 Å². The van der Waals surface area contributed by atoms with Gasteiger partial charge in [-0.2, -0.15) is 5.26 Å². The van der Waals surface area contributed by atoms with E-state index in [0.717, 1.165) is 55.2 Å². The van der Waals surface area contributed by atoms with Crippen molar-refractivity contribution in [2.75, 3.05) is 0 Å². The fourth-order valence-electron chi connectivity index (χ4n) is 7.78. The van der Waals surface area contributed by atoms with Crippen LogP contribution in [-0.4, -0.2) is 14.5 Å². The van der Waals surface area contributed by atoms with Crippen molar-refractivity contribution in [3.8, 4) is 45.3 Å². The SMILES string of the molecule is N#Cc1ccc2c(c1)c1cc(-c3ccc(-c4ccc(-c5cccnc5)c5ccccc45)c4ccccc34)ccc1n2-c1ccc2ccccc2n1. The summed E-state index contributed by atoms with van der Waals surface area (Å²) in [7, 11) is 0. The molecule has 51 heavy (non-hydrogen) atoms. The quantitative estimate of drug-likeness (QED) is 0.191. The Morgan fingerprint density at radius 3 is 1.76 bits per heavy atom. The second-order valence-electron chi connectivity index (χ2n) is 12.9. The molecule has 0 saturated carbocycles. The van der Waals surface area contributed by atoms with Gasteiger partial charge in [0, 0.05) is 34.1 Å². The Labute approximate surface area is 294 Å². The molecule has 0 unspecified atom stereocenters. The lowest BCUT2D eigenvalue weighted by molar-refractivity contribution is 1.10. The summed E-state index contributed by atoms with van der Waals surface area (Å²) in [5, 5.41) is 17.9. The minimum absolute atomic E-state index is 0.634. The van der Waals surface area contributed by atoms with E-state index in [1.165, 1.54) is 38.2 Å². The summed E-state index contributed by atoms with van der Waals surface area (Å²) in [6.07, 6.45) is 3.74. The van der Waals surface area contributed by atoms with Gasteiger partial charge in [-0.05, 0) is 104 Å². The molecular formula is C47H28N4. The predicted octanol–water partition coefficient (Wildman–Crippen LogP) is 11.9. The van der Waals surface area contributed by atoms with E-state index in [1.54, 1.807) is 0 Å². The van der Waals surface area contributed by atoms with Crippen LogP contribution in [0.1, 0.15) is 5.56 Å². The van der Waals surface area contributed by atoms with E-state index in [4.69, 9.17) is 4.98 Å². The van der Waals surface area contributed by atoms with E-state index in [1.807, 2.05) is 54.9 Å². The van der Waals surface area contributed by atoms with Gasteiger partial charge in [0.05, 0.1) is 28.2 Å². The molecule has 236 valence electrons. The molecule has 7 aromatic carbocycles. The Bertz CT molecular complexity index is 3040. The van der Waals surface area contributed by atoms with E-state index in [0.29, 0.717) is 5.56 Å². The van der Waals surface area contributed by atoms with Crippen LogP contribution in [0.3, 0.4) is 0 Å². The summed E-state index contributed by atoms with van der Waals surface area (Å²) < 4.78 is 2.21. The van der Waals surface area contributed by atoms with Crippen molar-refractivity contribution in [1.29, 1.82) is 5.26 Å². The van der Waals surface area contributed by atoms with Gasteiger partial charge in [-0.15, -0.1) is 0 Å². The van der Waals surface area contributed by atoms with E-state index < -0.39 is 0 Å². The Morgan fingerprint density at radius 1 is 0.471 bits per heavy atom. The van der Waals surface area contributed by atoms with Crippen molar-refractivity contribution in [3.05, 3.63) is 176 Å². The molecule has 10 rings (SSSR count). The van der Waals surface area contributed by atoms with Crippen molar-refractivity contribution in [1.82, 2.24) is 14.5 Å². The standard InChI is InChI=1S/C47H28N4/c48-28-30-15-22-45-42(26-30)43-27-32(16-23-46(43)51(45)47-24-17-31-8-1-6-14-44(31)50-47)34-18-20-40(38-12-4-2-10-36(34)38)41-21-19-35(33-9-7-25-49-29-33)37-11-3-5-13-39(37)41/h1-27,29H. The molecule has 3 aromatic heterocycles. The van der Waals surface area contributed by atoms with Crippen LogP contribution in [0.25, 0.3) is 93.5 Å². The molecule has 0 aliphatic heterocycles. The highest BCUT2D eigenvalue weighted by atomic mass is 15.1. The molecular weight excluding hydrogens is 621 g/mol. The number of fused-ring (bicyclic) bond motifs is 6. The molecule has 10 aromatic rings. The zero-order valence-corrected chi connectivity index (χ0v) is 27.5. The van der Waals surface area contributed by atoms with E-state index in [-0.39, 0.29) is 0 Å². The third-order valence-electron chi connectivity index (χ3n) is 10.1. The molecule has 0 saturated heterocycles. The maximum atomic E-state index is 9.85. The summed E-state index contributed by atoms with van der Waals surface area (Å²) in [5.74, 6) is 0.850. The molecule has 0 atom stereocenters. The molecule has 4 nitrogen and oxygen atoms in total. The Morgan fingerprint density at radius 2 is 1.08 bits per heavy atom. The minimum atomic E-state index is 0.634. The number of benzene rings is 7. The number of pyridine rings is 2. The topological polar surface area (TPSA) is 54.5 Å². The second-order valence-corrected chi connectivity index (χ2v) is 12.9. The smallest absolute Gasteiger partial charge is 0.138 e. The molecule has 0 N–H and O–H groups in total. The van der Waals surface area contributed by atoms with Gasteiger partial charge < -0.3 is 0 Å². The first-order chi connectivity index (χ1) is 25.2. The molecule has 0 radical (unpaired) electrons. The van der Waals surface area contributed by atoms with Crippen molar-refractivity contribution in [2.24, 2.45) is 0 Å². The van der Waals surface area contributed by atoms with Gasteiger partial charge in [0.25, 0.3) is 0 Å². The van der Waals surface area contributed by atoms with Crippen LogP contribution in [-0.2, 0) is 0 Å². The number of rotatable bonds is 4.